The normalized spacial score (nSPS) is 21.2. The number of rotatable bonds is 4. The molecule has 2 rings (SSSR count). The molecule has 0 saturated carbocycles. The molecule has 3 heteroatoms. The van der Waals surface area contributed by atoms with Gasteiger partial charge in [-0.05, 0) is 12.8 Å². The summed E-state index contributed by atoms with van der Waals surface area (Å²) in [5.74, 6) is 0.171. The van der Waals surface area contributed by atoms with Gasteiger partial charge in [0.2, 0.25) is 0 Å². The Morgan fingerprint density at radius 1 is 1.44 bits per heavy atom. The van der Waals surface area contributed by atoms with Crippen molar-refractivity contribution in [3.05, 3.63) is 35.9 Å². The molecule has 1 aliphatic heterocycles. The third kappa shape index (κ3) is 2.49. The van der Waals surface area contributed by atoms with Crippen LogP contribution in [0.25, 0.3) is 0 Å². The first-order valence-corrected chi connectivity index (χ1v) is 5.66. The van der Waals surface area contributed by atoms with Crippen LogP contribution in [-0.2, 0) is 4.74 Å². The first-order valence-electron chi connectivity index (χ1n) is 5.66. The van der Waals surface area contributed by atoms with E-state index in [9.17, 15) is 4.79 Å². The number of methoxy groups -OCH3 is 1. The number of hydrogen-bond donors (Lipinski definition) is 0. The molecule has 3 nitrogen and oxygen atoms in total. The lowest BCUT2D eigenvalue weighted by atomic mass is 10.1. The molecule has 1 heterocycles. The lowest BCUT2D eigenvalue weighted by Gasteiger charge is -2.21. The second-order valence-electron chi connectivity index (χ2n) is 4.09. The topological polar surface area (TPSA) is 29.5 Å². The molecule has 0 radical (unpaired) electrons. The molecule has 0 spiro atoms. The number of ether oxygens (including phenoxy) is 1. The number of hydrogen-bond acceptors (Lipinski definition) is 3. The maximum atomic E-state index is 12.0. The van der Waals surface area contributed by atoms with Gasteiger partial charge in [-0.2, -0.15) is 0 Å². The van der Waals surface area contributed by atoms with Crippen molar-refractivity contribution in [1.82, 2.24) is 4.90 Å². The SMILES string of the molecule is COC1CCCN1CC(=O)c1ccccc1. The van der Waals surface area contributed by atoms with Crippen molar-refractivity contribution >= 4 is 5.78 Å². The van der Waals surface area contributed by atoms with Crippen LogP contribution in [0.4, 0.5) is 0 Å². The zero-order valence-corrected chi connectivity index (χ0v) is 9.56. The van der Waals surface area contributed by atoms with Crippen LogP contribution < -0.4 is 0 Å². The van der Waals surface area contributed by atoms with Gasteiger partial charge in [0.1, 0.15) is 6.23 Å². The van der Waals surface area contributed by atoms with Crippen LogP contribution in [0.3, 0.4) is 0 Å². The molecule has 1 aromatic carbocycles. The largest absolute Gasteiger partial charge is 0.366 e. The minimum absolute atomic E-state index is 0.118. The van der Waals surface area contributed by atoms with E-state index in [2.05, 4.69) is 4.90 Å². The second-order valence-corrected chi connectivity index (χ2v) is 4.09. The number of ketones is 1. The third-order valence-corrected chi connectivity index (χ3v) is 3.02. The molecule has 0 amide bonds. The van der Waals surface area contributed by atoms with Crippen molar-refractivity contribution in [2.75, 3.05) is 20.2 Å². The summed E-state index contributed by atoms with van der Waals surface area (Å²) in [6.45, 7) is 1.42. The summed E-state index contributed by atoms with van der Waals surface area (Å²) in [4.78, 5) is 14.1. The van der Waals surface area contributed by atoms with E-state index in [4.69, 9.17) is 4.74 Å². The summed E-state index contributed by atoms with van der Waals surface area (Å²) in [6.07, 6.45) is 2.26. The van der Waals surface area contributed by atoms with E-state index >= 15 is 0 Å². The minimum atomic E-state index is 0.118. The molecule has 0 aromatic heterocycles. The van der Waals surface area contributed by atoms with Crippen LogP contribution in [0.5, 0.6) is 0 Å². The van der Waals surface area contributed by atoms with Crippen molar-refractivity contribution in [3.8, 4) is 0 Å². The van der Waals surface area contributed by atoms with Crippen molar-refractivity contribution < 1.29 is 9.53 Å². The van der Waals surface area contributed by atoms with Crippen LogP contribution in [0.15, 0.2) is 30.3 Å². The highest BCUT2D eigenvalue weighted by Gasteiger charge is 2.25. The number of carbonyl (C=O) groups is 1. The summed E-state index contributed by atoms with van der Waals surface area (Å²) < 4.78 is 5.33. The van der Waals surface area contributed by atoms with Crippen LogP contribution in [0.2, 0.25) is 0 Å². The fourth-order valence-electron chi connectivity index (χ4n) is 2.14. The number of likely N-dealkylation sites (tertiary alicyclic amines) is 1. The van der Waals surface area contributed by atoms with Gasteiger partial charge >= 0.3 is 0 Å². The van der Waals surface area contributed by atoms with Crippen LogP contribution >= 0.6 is 0 Å². The van der Waals surface area contributed by atoms with Gasteiger partial charge in [-0.1, -0.05) is 30.3 Å². The average Bonchev–Trinajstić information content (AvgIpc) is 2.77. The predicted molar refractivity (Wildman–Crippen MR) is 62.4 cm³/mol. The molecule has 0 aliphatic carbocycles. The van der Waals surface area contributed by atoms with Gasteiger partial charge in [0.15, 0.2) is 5.78 Å². The van der Waals surface area contributed by atoms with E-state index in [0.29, 0.717) is 6.54 Å². The van der Waals surface area contributed by atoms with Crippen LogP contribution in [-0.4, -0.2) is 37.1 Å². The highest BCUT2D eigenvalue weighted by Crippen LogP contribution is 2.17. The highest BCUT2D eigenvalue weighted by atomic mass is 16.5. The van der Waals surface area contributed by atoms with Gasteiger partial charge < -0.3 is 4.74 Å². The summed E-state index contributed by atoms with van der Waals surface area (Å²) in [5, 5.41) is 0. The number of Topliss-reactive ketones (excluding diaryl/α,β-unsaturated/α-hetero) is 1. The quantitative estimate of drug-likeness (QED) is 0.725. The Bertz CT molecular complexity index is 350. The van der Waals surface area contributed by atoms with E-state index in [1.54, 1.807) is 7.11 Å². The van der Waals surface area contributed by atoms with E-state index in [1.165, 1.54) is 0 Å². The van der Waals surface area contributed by atoms with Crippen molar-refractivity contribution in [1.29, 1.82) is 0 Å². The van der Waals surface area contributed by atoms with Crippen LogP contribution in [0.1, 0.15) is 23.2 Å². The lowest BCUT2D eigenvalue weighted by Crippen LogP contribution is -2.35. The van der Waals surface area contributed by atoms with Crippen molar-refractivity contribution in [2.24, 2.45) is 0 Å². The number of nitrogens with zero attached hydrogens (tertiary/aromatic N) is 1. The van der Waals surface area contributed by atoms with Crippen LogP contribution in [0, 0.1) is 0 Å². The number of benzene rings is 1. The molecule has 1 saturated heterocycles. The molecular formula is C13H17NO2. The smallest absolute Gasteiger partial charge is 0.176 e. The van der Waals surface area contributed by atoms with Gasteiger partial charge in [0, 0.05) is 19.2 Å². The molecule has 1 fully saturated rings. The molecule has 1 aliphatic rings. The molecular weight excluding hydrogens is 202 g/mol. The Labute approximate surface area is 96.0 Å². The Kier molecular flexibility index (Phi) is 3.70. The van der Waals surface area contributed by atoms with Crippen molar-refractivity contribution in [3.63, 3.8) is 0 Å². The predicted octanol–water partition coefficient (Wildman–Crippen LogP) is 1.94. The first-order chi connectivity index (χ1) is 7.81. The van der Waals surface area contributed by atoms with Gasteiger partial charge in [-0.25, -0.2) is 0 Å². The minimum Gasteiger partial charge on any atom is -0.366 e. The summed E-state index contributed by atoms with van der Waals surface area (Å²) in [5.41, 5.74) is 0.782. The molecule has 0 bridgehead atoms. The average molecular weight is 219 g/mol. The Morgan fingerprint density at radius 3 is 2.88 bits per heavy atom. The molecule has 1 unspecified atom stereocenters. The number of carbonyl (C=O) groups excluding carboxylic acids is 1. The monoisotopic (exact) mass is 219 g/mol. The van der Waals surface area contributed by atoms with E-state index < -0.39 is 0 Å². The maximum Gasteiger partial charge on any atom is 0.176 e. The lowest BCUT2D eigenvalue weighted by molar-refractivity contribution is -0.00119. The first kappa shape index (κ1) is 11.3. The Morgan fingerprint density at radius 2 is 2.19 bits per heavy atom. The Hall–Kier alpha value is -1.19. The molecule has 1 aromatic rings. The van der Waals surface area contributed by atoms with E-state index in [-0.39, 0.29) is 12.0 Å². The van der Waals surface area contributed by atoms with Gasteiger partial charge in [0.05, 0.1) is 6.54 Å². The maximum absolute atomic E-state index is 12.0. The fraction of sp³-hybridized carbons (Fsp3) is 0.462. The van der Waals surface area contributed by atoms with Crippen molar-refractivity contribution in [2.45, 2.75) is 19.1 Å². The zero-order valence-electron chi connectivity index (χ0n) is 9.56. The van der Waals surface area contributed by atoms with Gasteiger partial charge in [-0.3, -0.25) is 9.69 Å². The summed E-state index contributed by atoms with van der Waals surface area (Å²) >= 11 is 0. The molecule has 0 N–H and O–H groups in total. The fourth-order valence-corrected chi connectivity index (χ4v) is 2.14. The van der Waals surface area contributed by atoms with E-state index in [0.717, 1.165) is 24.9 Å². The third-order valence-electron chi connectivity index (χ3n) is 3.02. The van der Waals surface area contributed by atoms with Gasteiger partial charge in [-0.15, -0.1) is 0 Å². The Balaban J connectivity index is 1.97. The summed E-state index contributed by atoms with van der Waals surface area (Å²) in [6, 6.07) is 9.43. The molecule has 86 valence electrons. The summed E-state index contributed by atoms with van der Waals surface area (Å²) in [7, 11) is 1.70. The molecule has 1 atom stereocenters. The molecule has 16 heavy (non-hydrogen) atoms. The van der Waals surface area contributed by atoms with E-state index in [1.807, 2.05) is 30.3 Å². The highest BCUT2D eigenvalue weighted by molar-refractivity contribution is 5.97. The second kappa shape index (κ2) is 5.23. The van der Waals surface area contributed by atoms with Gasteiger partial charge in [0.25, 0.3) is 0 Å². The standard InChI is InChI=1S/C13H17NO2/c1-16-13-8-5-9-14(13)10-12(15)11-6-3-2-4-7-11/h2-4,6-7,13H,5,8-10H2,1H3. The zero-order chi connectivity index (χ0) is 11.4.